The number of allylic oxidation sites excluding steroid dienone is 1. The van der Waals surface area contributed by atoms with Gasteiger partial charge in [-0.05, 0) is 83.5 Å². The summed E-state index contributed by atoms with van der Waals surface area (Å²) in [6.45, 7) is 4.20. The number of benzene rings is 3. The van der Waals surface area contributed by atoms with E-state index in [9.17, 15) is 9.59 Å². The fourth-order valence-electron chi connectivity index (χ4n) is 5.03. The first kappa shape index (κ1) is 29.0. The Labute approximate surface area is 264 Å². The zero-order chi connectivity index (χ0) is 30.1. The first-order chi connectivity index (χ1) is 20.9. The molecular formula is C32H27IN2O7S. The van der Waals surface area contributed by atoms with Gasteiger partial charge in [0.25, 0.3) is 5.56 Å². The molecule has 43 heavy (non-hydrogen) atoms. The average molecular weight is 711 g/mol. The maximum absolute atomic E-state index is 14.0. The summed E-state index contributed by atoms with van der Waals surface area (Å²) in [5, 5.41) is 0. The van der Waals surface area contributed by atoms with Gasteiger partial charge in [0.1, 0.15) is 6.61 Å². The number of halogens is 1. The van der Waals surface area contributed by atoms with Crippen molar-refractivity contribution in [3.8, 4) is 23.0 Å². The normalized spacial score (nSPS) is 15.6. The molecular weight excluding hydrogens is 683 g/mol. The number of carbonyl (C=O) groups is 1. The summed E-state index contributed by atoms with van der Waals surface area (Å²) >= 11 is 3.46. The Kier molecular flexibility index (Phi) is 8.26. The van der Waals surface area contributed by atoms with Gasteiger partial charge in [0.05, 0.1) is 39.1 Å². The topological polar surface area (TPSA) is 97.6 Å². The number of hydrogen-bond donors (Lipinski definition) is 0. The van der Waals surface area contributed by atoms with Gasteiger partial charge in [-0.2, -0.15) is 0 Å². The van der Waals surface area contributed by atoms with E-state index in [0.717, 1.165) is 14.7 Å². The largest absolute Gasteiger partial charge is 0.493 e. The number of thiazole rings is 1. The fraction of sp³-hybridized carbons (Fsp3) is 0.219. The first-order valence-electron chi connectivity index (χ1n) is 13.5. The second-order valence-electron chi connectivity index (χ2n) is 9.72. The third kappa shape index (κ3) is 5.66. The summed E-state index contributed by atoms with van der Waals surface area (Å²) in [5.74, 6) is 1.82. The lowest BCUT2D eigenvalue weighted by atomic mass is 9.95. The van der Waals surface area contributed by atoms with Crippen LogP contribution in [-0.2, 0) is 16.1 Å². The van der Waals surface area contributed by atoms with Crippen LogP contribution in [0.1, 0.15) is 36.6 Å². The van der Waals surface area contributed by atoms with Gasteiger partial charge < -0.3 is 23.7 Å². The second-order valence-corrected chi connectivity index (χ2v) is 11.9. The molecule has 2 aliphatic heterocycles. The molecule has 220 valence electrons. The molecule has 0 spiro atoms. The van der Waals surface area contributed by atoms with E-state index >= 15 is 0 Å². The van der Waals surface area contributed by atoms with Crippen molar-refractivity contribution in [3.05, 3.63) is 112 Å². The molecule has 0 aliphatic carbocycles. The molecule has 11 heteroatoms. The molecule has 0 amide bonds. The minimum atomic E-state index is -0.754. The van der Waals surface area contributed by atoms with Crippen LogP contribution in [0.2, 0.25) is 0 Å². The quantitative estimate of drug-likeness (QED) is 0.193. The molecule has 0 radical (unpaired) electrons. The number of methoxy groups -OCH3 is 1. The smallest absolute Gasteiger partial charge is 0.338 e. The Morgan fingerprint density at radius 3 is 2.70 bits per heavy atom. The standard InChI is InChI=1S/C32H27IN2O7S/c1-4-39-31(37)27-18(2)34-32-35(28(27)21-10-11-23-24(15-21)42-17-41-23)30(36)26(43-32)14-20-12-22(33)29(25(13-20)38-3)40-16-19-8-6-5-7-9-19/h5-15,28H,4,16-17H2,1-3H3/b26-14+/t28-/m1/s1. The molecule has 0 bridgehead atoms. The minimum Gasteiger partial charge on any atom is -0.493 e. The summed E-state index contributed by atoms with van der Waals surface area (Å²) in [5.41, 5.74) is 3.00. The van der Waals surface area contributed by atoms with Crippen molar-refractivity contribution in [1.82, 2.24) is 4.57 Å². The molecule has 2 aliphatic rings. The zero-order valence-electron chi connectivity index (χ0n) is 23.6. The van der Waals surface area contributed by atoms with E-state index in [2.05, 4.69) is 27.6 Å². The number of esters is 1. The van der Waals surface area contributed by atoms with E-state index in [4.69, 9.17) is 23.7 Å². The number of carbonyl (C=O) groups excluding carboxylic acids is 1. The van der Waals surface area contributed by atoms with Gasteiger partial charge in [0.15, 0.2) is 27.8 Å². The Bertz CT molecular complexity index is 1930. The molecule has 3 aromatic carbocycles. The van der Waals surface area contributed by atoms with Gasteiger partial charge in [-0.3, -0.25) is 9.36 Å². The van der Waals surface area contributed by atoms with Crippen LogP contribution in [0, 0.1) is 3.57 Å². The maximum Gasteiger partial charge on any atom is 0.338 e. The molecule has 0 saturated carbocycles. The van der Waals surface area contributed by atoms with Crippen LogP contribution >= 0.6 is 33.9 Å². The van der Waals surface area contributed by atoms with Crippen molar-refractivity contribution in [2.75, 3.05) is 20.5 Å². The molecule has 9 nitrogen and oxygen atoms in total. The summed E-state index contributed by atoms with van der Waals surface area (Å²) in [6.07, 6.45) is 1.80. The van der Waals surface area contributed by atoms with Crippen molar-refractivity contribution in [2.24, 2.45) is 4.99 Å². The maximum atomic E-state index is 14.0. The van der Waals surface area contributed by atoms with Crippen LogP contribution in [-0.4, -0.2) is 31.0 Å². The molecule has 1 atom stereocenters. The van der Waals surface area contributed by atoms with Gasteiger partial charge in [-0.15, -0.1) is 0 Å². The number of fused-ring (bicyclic) bond motifs is 2. The van der Waals surface area contributed by atoms with E-state index in [1.165, 1.54) is 11.3 Å². The van der Waals surface area contributed by atoms with Crippen LogP contribution in [0.4, 0.5) is 0 Å². The predicted octanol–water partition coefficient (Wildman–Crippen LogP) is 4.72. The molecule has 0 N–H and O–H groups in total. The Morgan fingerprint density at radius 1 is 1.14 bits per heavy atom. The number of rotatable bonds is 8. The Hall–Kier alpha value is -4.10. The summed E-state index contributed by atoms with van der Waals surface area (Å²) < 4.78 is 31.1. The molecule has 4 aromatic rings. The highest BCUT2D eigenvalue weighted by molar-refractivity contribution is 14.1. The highest BCUT2D eigenvalue weighted by Gasteiger charge is 2.34. The third-order valence-electron chi connectivity index (χ3n) is 7.00. The highest BCUT2D eigenvalue weighted by Crippen LogP contribution is 2.38. The second kappa shape index (κ2) is 12.3. The number of nitrogens with zero attached hydrogens (tertiary/aromatic N) is 2. The summed E-state index contributed by atoms with van der Waals surface area (Å²) in [4.78, 5) is 32.4. The Morgan fingerprint density at radius 2 is 1.93 bits per heavy atom. The van der Waals surface area contributed by atoms with Crippen LogP contribution in [0.3, 0.4) is 0 Å². The summed E-state index contributed by atoms with van der Waals surface area (Å²) in [7, 11) is 1.59. The first-order valence-corrected chi connectivity index (χ1v) is 15.4. The predicted molar refractivity (Wildman–Crippen MR) is 169 cm³/mol. The van der Waals surface area contributed by atoms with Gasteiger partial charge in [0.2, 0.25) is 6.79 Å². The van der Waals surface area contributed by atoms with Crippen molar-refractivity contribution < 1.29 is 28.5 Å². The van der Waals surface area contributed by atoms with Crippen LogP contribution in [0.25, 0.3) is 6.08 Å². The number of aromatic nitrogens is 1. The van der Waals surface area contributed by atoms with Gasteiger partial charge in [-0.1, -0.05) is 47.7 Å². The number of hydrogen-bond acceptors (Lipinski definition) is 9. The molecule has 6 rings (SSSR count). The number of ether oxygens (including phenoxy) is 5. The molecule has 3 heterocycles. The van der Waals surface area contributed by atoms with Crippen molar-refractivity contribution in [3.63, 3.8) is 0 Å². The lowest BCUT2D eigenvalue weighted by Crippen LogP contribution is -2.39. The zero-order valence-corrected chi connectivity index (χ0v) is 26.6. The van der Waals surface area contributed by atoms with Crippen molar-refractivity contribution >= 4 is 46.0 Å². The molecule has 0 fully saturated rings. The van der Waals surface area contributed by atoms with E-state index in [1.54, 1.807) is 43.7 Å². The van der Waals surface area contributed by atoms with E-state index in [0.29, 0.717) is 55.8 Å². The monoisotopic (exact) mass is 710 g/mol. The molecule has 0 saturated heterocycles. The van der Waals surface area contributed by atoms with Crippen molar-refractivity contribution in [2.45, 2.75) is 26.5 Å². The molecule has 1 aromatic heterocycles. The fourth-order valence-corrected chi connectivity index (χ4v) is 6.86. The highest BCUT2D eigenvalue weighted by atomic mass is 127. The third-order valence-corrected chi connectivity index (χ3v) is 8.79. The van der Waals surface area contributed by atoms with Gasteiger partial charge >= 0.3 is 5.97 Å². The summed E-state index contributed by atoms with van der Waals surface area (Å²) in [6, 6.07) is 18.3. The van der Waals surface area contributed by atoms with Crippen LogP contribution in [0.15, 0.2) is 81.7 Å². The average Bonchev–Trinajstić information content (AvgIpc) is 3.59. The van der Waals surface area contributed by atoms with Crippen LogP contribution in [0.5, 0.6) is 23.0 Å². The lowest BCUT2D eigenvalue weighted by Gasteiger charge is -2.24. The van der Waals surface area contributed by atoms with Gasteiger partial charge in [0, 0.05) is 0 Å². The minimum absolute atomic E-state index is 0.111. The lowest BCUT2D eigenvalue weighted by molar-refractivity contribution is -0.139. The van der Waals surface area contributed by atoms with E-state index < -0.39 is 12.0 Å². The molecule has 0 unspecified atom stereocenters. The van der Waals surface area contributed by atoms with E-state index in [-0.39, 0.29) is 19.0 Å². The van der Waals surface area contributed by atoms with E-state index in [1.807, 2.05) is 48.5 Å². The van der Waals surface area contributed by atoms with Gasteiger partial charge in [-0.25, -0.2) is 9.79 Å². The Balaban J connectivity index is 1.43. The van der Waals surface area contributed by atoms with Crippen LogP contribution < -0.4 is 33.8 Å². The SMILES string of the molecule is CCOC(=O)C1=C(C)N=c2s/c(=C/c3cc(I)c(OCc4ccccc4)c(OC)c3)c(=O)n2[C@@H]1c1ccc2c(c1)OCO2. The van der Waals surface area contributed by atoms with Crippen molar-refractivity contribution in [1.29, 1.82) is 0 Å².